The number of aryl methyl sites for hydroxylation is 1. The second kappa shape index (κ2) is 7.04. The van der Waals surface area contributed by atoms with Crippen molar-refractivity contribution < 1.29 is 9.18 Å². The molecule has 0 fully saturated rings. The molecule has 0 aliphatic heterocycles. The molecule has 1 aromatic heterocycles. The predicted octanol–water partition coefficient (Wildman–Crippen LogP) is 4.13. The molecule has 3 rings (SSSR count). The molecule has 24 heavy (non-hydrogen) atoms. The van der Waals surface area contributed by atoms with Gasteiger partial charge in [0.25, 0.3) is 5.91 Å². The molecule has 1 amide bonds. The van der Waals surface area contributed by atoms with Crippen molar-refractivity contribution in [1.29, 1.82) is 0 Å². The summed E-state index contributed by atoms with van der Waals surface area (Å²) < 4.78 is 12.9. The largest absolute Gasteiger partial charge is 0.348 e. The maximum atomic E-state index is 12.9. The number of rotatable bonds is 4. The van der Waals surface area contributed by atoms with E-state index in [0.29, 0.717) is 17.8 Å². The number of hydrogen-bond acceptors (Lipinski definition) is 2. The highest BCUT2D eigenvalue weighted by atomic mass is 19.1. The van der Waals surface area contributed by atoms with Crippen LogP contribution in [0.4, 0.5) is 4.39 Å². The zero-order valence-corrected chi connectivity index (χ0v) is 13.3. The summed E-state index contributed by atoms with van der Waals surface area (Å²) in [6, 6.07) is 17.6. The van der Waals surface area contributed by atoms with E-state index in [4.69, 9.17) is 0 Å². The second-order valence-electron chi connectivity index (χ2n) is 5.61. The summed E-state index contributed by atoms with van der Waals surface area (Å²) in [4.78, 5) is 16.5. The molecular formula is C20H17FN2O. The summed E-state index contributed by atoms with van der Waals surface area (Å²) in [6.07, 6.45) is 1.53. The number of halogens is 1. The van der Waals surface area contributed by atoms with Crippen LogP contribution in [0.15, 0.2) is 66.9 Å². The third kappa shape index (κ3) is 3.84. The lowest BCUT2D eigenvalue weighted by Gasteiger charge is -2.07. The number of amides is 1. The van der Waals surface area contributed by atoms with Gasteiger partial charge in [0, 0.05) is 18.3 Å². The van der Waals surface area contributed by atoms with E-state index in [-0.39, 0.29) is 11.7 Å². The lowest BCUT2D eigenvalue weighted by Crippen LogP contribution is -2.22. The Morgan fingerprint density at radius 3 is 2.54 bits per heavy atom. The molecule has 3 aromatic rings. The van der Waals surface area contributed by atoms with Gasteiger partial charge in [0.2, 0.25) is 0 Å². The van der Waals surface area contributed by atoms with Gasteiger partial charge in [-0.15, -0.1) is 0 Å². The molecule has 1 heterocycles. The Kier molecular flexibility index (Phi) is 4.66. The number of nitrogens with one attached hydrogen (secondary N) is 1. The number of benzene rings is 2. The van der Waals surface area contributed by atoms with Crippen molar-refractivity contribution >= 4 is 5.91 Å². The molecule has 4 heteroatoms. The van der Waals surface area contributed by atoms with Crippen molar-refractivity contribution in [2.75, 3.05) is 0 Å². The molecule has 0 spiro atoms. The fraction of sp³-hybridized carbons (Fsp3) is 0.100. The molecule has 2 aromatic carbocycles. The maximum absolute atomic E-state index is 12.9. The predicted molar refractivity (Wildman–Crippen MR) is 92.0 cm³/mol. The summed E-state index contributed by atoms with van der Waals surface area (Å²) in [5, 5.41) is 2.88. The monoisotopic (exact) mass is 320 g/mol. The second-order valence-corrected chi connectivity index (χ2v) is 5.61. The number of hydrogen-bond donors (Lipinski definition) is 1. The number of carbonyl (C=O) groups is 1. The lowest BCUT2D eigenvalue weighted by molar-refractivity contribution is 0.0950. The first-order valence-corrected chi connectivity index (χ1v) is 7.67. The van der Waals surface area contributed by atoms with E-state index in [2.05, 4.69) is 10.3 Å². The van der Waals surface area contributed by atoms with E-state index >= 15 is 0 Å². The Morgan fingerprint density at radius 2 is 1.88 bits per heavy atom. The topological polar surface area (TPSA) is 42.0 Å². The first kappa shape index (κ1) is 15.9. The molecule has 0 aliphatic rings. The van der Waals surface area contributed by atoms with Crippen molar-refractivity contribution in [3.8, 4) is 11.3 Å². The zero-order valence-electron chi connectivity index (χ0n) is 13.3. The SMILES string of the molecule is Cc1cccc(CNC(=O)c2ccc(-c3ccc(F)cc3)nc2)c1. The average Bonchev–Trinajstić information content (AvgIpc) is 2.61. The van der Waals surface area contributed by atoms with E-state index < -0.39 is 0 Å². The van der Waals surface area contributed by atoms with Gasteiger partial charge in [-0.3, -0.25) is 9.78 Å². The average molecular weight is 320 g/mol. The Morgan fingerprint density at radius 1 is 1.08 bits per heavy atom. The van der Waals surface area contributed by atoms with Crippen molar-refractivity contribution in [1.82, 2.24) is 10.3 Å². The summed E-state index contributed by atoms with van der Waals surface area (Å²) in [5.41, 5.74) is 4.22. The summed E-state index contributed by atoms with van der Waals surface area (Å²) in [6.45, 7) is 2.49. The van der Waals surface area contributed by atoms with E-state index in [1.165, 1.54) is 18.3 Å². The minimum absolute atomic E-state index is 0.172. The van der Waals surface area contributed by atoms with Gasteiger partial charge in [-0.1, -0.05) is 29.8 Å². The van der Waals surface area contributed by atoms with E-state index in [0.717, 1.165) is 16.7 Å². The first-order chi connectivity index (χ1) is 11.6. The smallest absolute Gasteiger partial charge is 0.253 e. The molecule has 0 atom stereocenters. The standard InChI is InChI=1S/C20H17FN2O/c1-14-3-2-4-15(11-14)12-23-20(24)17-7-10-19(22-13-17)16-5-8-18(21)9-6-16/h2-11,13H,12H2,1H3,(H,23,24). The van der Waals surface area contributed by atoms with Gasteiger partial charge in [0.1, 0.15) is 5.82 Å². The van der Waals surface area contributed by atoms with Crippen LogP contribution >= 0.6 is 0 Å². The van der Waals surface area contributed by atoms with Gasteiger partial charge in [-0.05, 0) is 48.9 Å². The number of aromatic nitrogens is 1. The molecule has 0 saturated carbocycles. The molecule has 120 valence electrons. The summed E-state index contributed by atoms with van der Waals surface area (Å²) in [5.74, 6) is -0.458. The molecule has 0 saturated heterocycles. The van der Waals surface area contributed by atoms with Crippen LogP contribution in [0, 0.1) is 12.7 Å². The van der Waals surface area contributed by atoms with E-state index in [1.807, 2.05) is 31.2 Å². The van der Waals surface area contributed by atoms with Crippen molar-refractivity contribution in [3.63, 3.8) is 0 Å². The quantitative estimate of drug-likeness (QED) is 0.785. The van der Waals surface area contributed by atoms with Crippen molar-refractivity contribution in [2.24, 2.45) is 0 Å². The Labute approximate surface area is 140 Å². The van der Waals surface area contributed by atoms with Crippen molar-refractivity contribution in [3.05, 3.63) is 89.4 Å². The Hall–Kier alpha value is -3.01. The summed E-state index contributed by atoms with van der Waals surface area (Å²) in [7, 11) is 0. The molecule has 0 radical (unpaired) electrons. The normalized spacial score (nSPS) is 10.4. The van der Waals surface area contributed by atoms with Crippen molar-refractivity contribution in [2.45, 2.75) is 13.5 Å². The Balaban J connectivity index is 1.66. The highest BCUT2D eigenvalue weighted by Crippen LogP contribution is 2.17. The third-order valence-electron chi connectivity index (χ3n) is 3.70. The van der Waals surface area contributed by atoms with Crippen LogP contribution in [0.1, 0.15) is 21.5 Å². The lowest BCUT2D eigenvalue weighted by atomic mass is 10.1. The first-order valence-electron chi connectivity index (χ1n) is 7.67. The van der Waals surface area contributed by atoms with Crippen LogP contribution < -0.4 is 5.32 Å². The molecule has 0 aliphatic carbocycles. The molecular weight excluding hydrogens is 303 g/mol. The van der Waals surface area contributed by atoms with Gasteiger partial charge in [-0.25, -0.2) is 4.39 Å². The fourth-order valence-electron chi connectivity index (χ4n) is 2.43. The van der Waals surface area contributed by atoms with Crippen LogP contribution in [-0.4, -0.2) is 10.9 Å². The molecule has 0 bridgehead atoms. The van der Waals surface area contributed by atoms with Gasteiger partial charge in [0.15, 0.2) is 0 Å². The van der Waals surface area contributed by atoms with Gasteiger partial charge in [0.05, 0.1) is 11.3 Å². The highest BCUT2D eigenvalue weighted by molar-refractivity contribution is 5.94. The number of nitrogens with zero attached hydrogens (tertiary/aromatic N) is 1. The third-order valence-corrected chi connectivity index (χ3v) is 3.70. The van der Waals surface area contributed by atoms with E-state index in [1.54, 1.807) is 24.3 Å². The Bertz CT molecular complexity index is 842. The van der Waals surface area contributed by atoms with Crippen LogP contribution in [0.3, 0.4) is 0 Å². The van der Waals surface area contributed by atoms with Gasteiger partial charge in [-0.2, -0.15) is 0 Å². The van der Waals surface area contributed by atoms with Crippen LogP contribution in [0.25, 0.3) is 11.3 Å². The molecule has 1 N–H and O–H groups in total. The number of pyridine rings is 1. The van der Waals surface area contributed by atoms with Crippen LogP contribution in [0.2, 0.25) is 0 Å². The summed E-state index contributed by atoms with van der Waals surface area (Å²) >= 11 is 0. The highest BCUT2D eigenvalue weighted by Gasteiger charge is 2.07. The van der Waals surface area contributed by atoms with E-state index in [9.17, 15) is 9.18 Å². The zero-order chi connectivity index (χ0) is 16.9. The van der Waals surface area contributed by atoms with Gasteiger partial charge >= 0.3 is 0 Å². The van der Waals surface area contributed by atoms with Crippen LogP contribution in [0.5, 0.6) is 0 Å². The minimum atomic E-state index is -0.286. The molecule has 3 nitrogen and oxygen atoms in total. The fourth-order valence-corrected chi connectivity index (χ4v) is 2.43. The maximum Gasteiger partial charge on any atom is 0.253 e. The van der Waals surface area contributed by atoms with Gasteiger partial charge < -0.3 is 5.32 Å². The number of carbonyl (C=O) groups excluding carboxylic acids is 1. The van der Waals surface area contributed by atoms with Crippen LogP contribution in [-0.2, 0) is 6.54 Å². The molecule has 0 unspecified atom stereocenters. The minimum Gasteiger partial charge on any atom is -0.348 e.